The highest BCUT2D eigenvalue weighted by Gasteiger charge is 2.24. The highest BCUT2D eigenvalue weighted by Crippen LogP contribution is 2.21. The summed E-state index contributed by atoms with van der Waals surface area (Å²) in [6.45, 7) is 8.77. The van der Waals surface area contributed by atoms with Gasteiger partial charge in [0.25, 0.3) is 0 Å². The summed E-state index contributed by atoms with van der Waals surface area (Å²) in [6, 6.07) is 17.2. The minimum Gasteiger partial charge on any atom is -0.497 e. The number of carbonyl (C=O) groups is 1. The van der Waals surface area contributed by atoms with Gasteiger partial charge in [0, 0.05) is 69.7 Å². The molecule has 2 aromatic carbocycles. The van der Waals surface area contributed by atoms with Gasteiger partial charge in [0.15, 0.2) is 0 Å². The molecular formula is C27H40N4O2. The van der Waals surface area contributed by atoms with Gasteiger partial charge in [0.1, 0.15) is 5.75 Å². The number of rotatable bonds is 7. The van der Waals surface area contributed by atoms with Crippen LogP contribution in [-0.4, -0.2) is 74.7 Å². The van der Waals surface area contributed by atoms with Gasteiger partial charge in [-0.3, -0.25) is 9.69 Å². The topological polar surface area (TPSA) is 48.1 Å². The fourth-order valence-electron chi connectivity index (χ4n) is 4.59. The smallest absolute Gasteiger partial charge is 0.223 e. The van der Waals surface area contributed by atoms with Crippen molar-refractivity contribution in [1.82, 2.24) is 9.80 Å². The summed E-state index contributed by atoms with van der Waals surface area (Å²) in [4.78, 5) is 19.7. The van der Waals surface area contributed by atoms with Crippen molar-refractivity contribution in [2.24, 2.45) is 0 Å². The number of hydrogen-bond donors (Lipinski definition) is 1. The van der Waals surface area contributed by atoms with Gasteiger partial charge in [0.2, 0.25) is 5.91 Å². The van der Waals surface area contributed by atoms with E-state index in [-0.39, 0.29) is 7.43 Å². The van der Waals surface area contributed by atoms with E-state index in [9.17, 15) is 4.79 Å². The molecule has 4 rings (SSSR count). The number of methoxy groups -OCH3 is 1. The number of piperidine rings is 1. The van der Waals surface area contributed by atoms with Gasteiger partial charge < -0.3 is 19.9 Å². The standard InChI is InChI=1S/C26H36N4O2.CH4/c1-21-3-7-24(8-4-21)29-19-17-28(18-20-29)14-13-26(31)30-15-11-23(12-16-30)27-22-5-9-25(32-2)10-6-22;/h3-10,23,27H,11-20H2,1-2H3;1H4. The molecule has 1 N–H and O–H groups in total. The van der Waals surface area contributed by atoms with Crippen LogP contribution in [0.5, 0.6) is 5.75 Å². The van der Waals surface area contributed by atoms with E-state index in [1.807, 2.05) is 12.1 Å². The molecule has 0 radical (unpaired) electrons. The summed E-state index contributed by atoms with van der Waals surface area (Å²) >= 11 is 0. The molecule has 0 aliphatic carbocycles. The Bertz CT molecular complexity index is 853. The first-order valence-electron chi connectivity index (χ1n) is 11.8. The number of hydrogen-bond acceptors (Lipinski definition) is 5. The summed E-state index contributed by atoms with van der Waals surface area (Å²) in [5, 5.41) is 3.59. The van der Waals surface area contributed by atoms with Gasteiger partial charge in [-0.05, 0) is 56.2 Å². The average molecular weight is 453 g/mol. The van der Waals surface area contributed by atoms with Gasteiger partial charge >= 0.3 is 0 Å². The van der Waals surface area contributed by atoms with Crippen molar-refractivity contribution in [3.8, 4) is 5.75 Å². The number of nitrogens with zero attached hydrogens (tertiary/aromatic N) is 3. The van der Waals surface area contributed by atoms with Crippen LogP contribution in [0, 0.1) is 6.92 Å². The second kappa shape index (κ2) is 11.9. The van der Waals surface area contributed by atoms with E-state index in [1.54, 1.807) is 7.11 Å². The minimum atomic E-state index is 0. The molecule has 2 aromatic rings. The van der Waals surface area contributed by atoms with Crippen molar-refractivity contribution in [2.75, 3.05) is 63.1 Å². The molecule has 0 bridgehead atoms. The van der Waals surface area contributed by atoms with Crippen molar-refractivity contribution in [1.29, 1.82) is 0 Å². The average Bonchev–Trinajstić information content (AvgIpc) is 2.84. The van der Waals surface area contributed by atoms with E-state index in [0.29, 0.717) is 18.4 Å². The summed E-state index contributed by atoms with van der Waals surface area (Å²) in [7, 11) is 1.68. The first-order chi connectivity index (χ1) is 15.6. The first-order valence-corrected chi connectivity index (χ1v) is 11.8. The molecular weight excluding hydrogens is 412 g/mol. The van der Waals surface area contributed by atoms with E-state index in [0.717, 1.165) is 70.1 Å². The predicted molar refractivity (Wildman–Crippen MR) is 137 cm³/mol. The summed E-state index contributed by atoms with van der Waals surface area (Å²) in [6.07, 6.45) is 2.61. The Labute approximate surface area is 199 Å². The third-order valence-corrected chi connectivity index (χ3v) is 6.72. The summed E-state index contributed by atoms with van der Waals surface area (Å²) in [5.74, 6) is 1.17. The van der Waals surface area contributed by atoms with Gasteiger partial charge in [-0.15, -0.1) is 0 Å². The monoisotopic (exact) mass is 452 g/mol. The van der Waals surface area contributed by atoms with Crippen LogP contribution in [0.15, 0.2) is 48.5 Å². The number of benzene rings is 2. The molecule has 0 saturated carbocycles. The third kappa shape index (κ3) is 6.87. The number of nitrogens with one attached hydrogen (secondary N) is 1. The molecule has 6 nitrogen and oxygen atoms in total. The van der Waals surface area contributed by atoms with Crippen LogP contribution < -0.4 is 15.0 Å². The number of carbonyl (C=O) groups excluding carboxylic acids is 1. The van der Waals surface area contributed by atoms with Gasteiger partial charge in [-0.1, -0.05) is 25.1 Å². The number of likely N-dealkylation sites (tertiary alicyclic amines) is 1. The van der Waals surface area contributed by atoms with Crippen LogP contribution in [0.1, 0.15) is 32.3 Å². The molecule has 0 atom stereocenters. The van der Waals surface area contributed by atoms with E-state index in [2.05, 4.69) is 63.3 Å². The van der Waals surface area contributed by atoms with Crippen molar-refractivity contribution in [3.63, 3.8) is 0 Å². The summed E-state index contributed by atoms with van der Waals surface area (Å²) in [5.41, 5.74) is 3.71. The van der Waals surface area contributed by atoms with Crippen molar-refractivity contribution >= 4 is 17.3 Å². The maximum atomic E-state index is 12.7. The van der Waals surface area contributed by atoms with E-state index < -0.39 is 0 Å². The minimum absolute atomic E-state index is 0. The number of amides is 1. The van der Waals surface area contributed by atoms with Crippen LogP contribution in [0.3, 0.4) is 0 Å². The van der Waals surface area contributed by atoms with Crippen LogP contribution >= 0.6 is 0 Å². The van der Waals surface area contributed by atoms with Crippen molar-refractivity contribution < 1.29 is 9.53 Å². The number of aryl methyl sites for hydroxylation is 1. The lowest BCUT2D eigenvalue weighted by molar-refractivity contribution is -0.132. The second-order valence-electron chi connectivity index (χ2n) is 8.94. The van der Waals surface area contributed by atoms with Crippen molar-refractivity contribution in [3.05, 3.63) is 54.1 Å². The third-order valence-electron chi connectivity index (χ3n) is 6.72. The van der Waals surface area contributed by atoms with Crippen molar-refractivity contribution in [2.45, 2.75) is 39.7 Å². The van der Waals surface area contributed by atoms with E-state index in [1.165, 1.54) is 11.3 Å². The Morgan fingerprint density at radius 2 is 1.58 bits per heavy atom. The quantitative estimate of drug-likeness (QED) is 0.680. The molecule has 0 spiro atoms. The maximum absolute atomic E-state index is 12.7. The molecule has 0 unspecified atom stereocenters. The van der Waals surface area contributed by atoms with E-state index in [4.69, 9.17) is 4.74 Å². The van der Waals surface area contributed by atoms with Crippen LogP contribution in [0.25, 0.3) is 0 Å². The molecule has 33 heavy (non-hydrogen) atoms. The molecule has 6 heteroatoms. The normalized spacial score (nSPS) is 17.4. The van der Waals surface area contributed by atoms with Crippen LogP contribution in [0.2, 0.25) is 0 Å². The van der Waals surface area contributed by atoms with Crippen LogP contribution in [0.4, 0.5) is 11.4 Å². The van der Waals surface area contributed by atoms with Crippen LogP contribution in [-0.2, 0) is 4.79 Å². The van der Waals surface area contributed by atoms with Gasteiger partial charge in [-0.2, -0.15) is 0 Å². The molecule has 2 aliphatic heterocycles. The Hall–Kier alpha value is -2.73. The maximum Gasteiger partial charge on any atom is 0.223 e. The lowest BCUT2D eigenvalue weighted by Crippen LogP contribution is -2.48. The molecule has 1 amide bonds. The Balaban J connectivity index is 0.00000306. The van der Waals surface area contributed by atoms with E-state index >= 15 is 0 Å². The molecule has 2 fully saturated rings. The number of piperazine rings is 1. The number of ether oxygens (including phenoxy) is 1. The Morgan fingerprint density at radius 3 is 2.18 bits per heavy atom. The molecule has 0 aromatic heterocycles. The zero-order chi connectivity index (χ0) is 22.3. The van der Waals surface area contributed by atoms with Gasteiger partial charge in [0.05, 0.1) is 7.11 Å². The largest absolute Gasteiger partial charge is 0.497 e. The first kappa shape index (κ1) is 24.9. The van der Waals surface area contributed by atoms with Gasteiger partial charge in [-0.25, -0.2) is 0 Å². The fourth-order valence-corrected chi connectivity index (χ4v) is 4.59. The predicted octanol–water partition coefficient (Wildman–Crippen LogP) is 4.25. The lowest BCUT2D eigenvalue weighted by atomic mass is 10.0. The highest BCUT2D eigenvalue weighted by molar-refractivity contribution is 5.76. The fraction of sp³-hybridized carbons (Fsp3) is 0.519. The Kier molecular flexibility index (Phi) is 9.01. The molecule has 2 aliphatic rings. The zero-order valence-corrected chi connectivity index (χ0v) is 19.4. The second-order valence-corrected chi connectivity index (χ2v) is 8.94. The SMILES string of the molecule is C.COc1ccc(NC2CCN(C(=O)CCN3CCN(c4ccc(C)cc4)CC3)CC2)cc1. The molecule has 180 valence electrons. The zero-order valence-electron chi connectivity index (χ0n) is 19.4. The lowest BCUT2D eigenvalue weighted by Gasteiger charge is -2.37. The summed E-state index contributed by atoms with van der Waals surface area (Å²) < 4.78 is 5.22. The Morgan fingerprint density at radius 1 is 0.939 bits per heavy atom. The highest BCUT2D eigenvalue weighted by atomic mass is 16.5. The molecule has 2 saturated heterocycles. The number of anilines is 2. The molecule has 2 heterocycles.